The Hall–Kier alpha value is -1.65. The molecule has 0 atom stereocenters. The van der Waals surface area contributed by atoms with Crippen molar-refractivity contribution in [1.29, 1.82) is 0 Å². The minimum atomic E-state index is -0.184. The first kappa shape index (κ1) is 24.6. The maximum atomic E-state index is 13.1. The van der Waals surface area contributed by atoms with Crippen LogP contribution in [0.5, 0.6) is 0 Å². The van der Waals surface area contributed by atoms with Gasteiger partial charge in [0.15, 0.2) is 5.96 Å². The lowest BCUT2D eigenvalue weighted by Crippen LogP contribution is -2.49. The lowest BCUT2D eigenvalue weighted by atomic mass is 10.0. The first-order valence-electron chi connectivity index (χ1n) is 10.3. The molecule has 0 bridgehead atoms. The Kier molecular flexibility index (Phi) is 11.2. The van der Waals surface area contributed by atoms with Crippen LogP contribution in [0.2, 0.25) is 0 Å². The van der Waals surface area contributed by atoms with Gasteiger partial charge < -0.3 is 19.8 Å². The predicted octanol–water partition coefficient (Wildman–Crippen LogP) is 3.43. The predicted molar refractivity (Wildman–Crippen MR) is 128 cm³/mol. The van der Waals surface area contributed by atoms with Gasteiger partial charge >= 0.3 is 0 Å². The number of hydrogen-bond acceptors (Lipinski definition) is 4. The van der Waals surface area contributed by atoms with Crippen LogP contribution in [0, 0.1) is 5.82 Å². The normalized spacial score (nSPS) is 15.6. The molecular weight excluding hydrogens is 498 g/mol. The molecule has 1 aromatic heterocycles. The number of methoxy groups -OCH3 is 1. The molecule has 0 aliphatic carbocycles. The average molecular weight is 530 g/mol. The van der Waals surface area contributed by atoms with Crippen molar-refractivity contribution in [2.24, 2.45) is 4.99 Å². The second-order valence-corrected chi connectivity index (χ2v) is 7.30. The largest absolute Gasteiger partial charge is 0.469 e. The minimum absolute atomic E-state index is 0. The fourth-order valence-electron chi connectivity index (χ4n) is 3.44. The third-order valence-corrected chi connectivity index (χ3v) is 5.06. The van der Waals surface area contributed by atoms with Crippen LogP contribution in [0.25, 0.3) is 0 Å². The van der Waals surface area contributed by atoms with Crippen LogP contribution in [0.4, 0.5) is 4.39 Å². The van der Waals surface area contributed by atoms with Crippen molar-refractivity contribution in [3.8, 4) is 0 Å². The van der Waals surface area contributed by atoms with Crippen LogP contribution in [0.15, 0.2) is 52.1 Å². The van der Waals surface area contributed by atoms with Gasteiger partial charge in [0.25, 0.3) is 0 Å². The fourth-order valence-corrected chi connectivity index (χ4v) is 3.44. The molecule has 0 amide bonds. The van der Waals surface area contributed by atoms with Gasteiger partial charge in [-0.1, -0.05) is 12.1 Å². The Morgan fingerprint density at radius 3 is 2.67 bits per heavy atom. The molecule has 1 saturated heterocycles. The number of guanidine groups is 1. The third kappa shape index (κ3) is 8.61. The molecule has 1 aliphatic rings. The summed E-state index contributed by atoms with van der Waals surface area (Å²) >= 11 is 0. The monoisotopic (exact) mass is 530 g/mol. The number of benzene rings is 1. The number of aliphatic imine (C=N–C) groups is 1. The highest BCUT2D eigenvalue weighted by molar-refractivity contribution is 14.0. The molecule has 3 rings (SSSR count). The number of nitrogens with one attached hydrogen (secondary N) is 2. The van der Waals surface area contributed by atoms with Crippen molar-refractivity contribution in [3.05, 3.63) is 59.8 Å². The highest BCUT2D eigenvalue weighted by atomic mass is 127. The Balaban J connectivity index is 0.00000320. The van der Waals surface area contributed by atoms with E-state index < -0.39 is 0 Å². The summed E-state index contributed by atoms with van der Waals surface area (Å²) in [6, 6.07) is 11.1. The summed E-state index contributed by atoms with van der Waals surface area (Å²) in [5, 5.41) is 6.96. The van der Waals surface area contributed by atoms with Gasteiger partial charge in [-0.2, -0.15) is 0 Å². The van der Waals surface area contributed by atoms with Crippen molar-refractivity contribution < 1.29 is 13.5 Å². The number of nitrogens with zero attached hydrogens (tertiary/aromatic N) is 2. The van der Waals surface area contributed by atoms with E-state index in [0.29, 0.717) is 19.2 Å². The van der Waals surface area contributed by atoms with E-state index in [2.05, 4.69) is 20.5 Å². The van der Waals surface area contributed by atoms with Gasteiger partial charge in [0.2, 0.25) is 0 Å². The van der Waals surface area contributed by atoms with Crippen molar-refractivity contribution in [3.63, 3.8) is 0 Å². The summed E-state index contributed by atoms with van der Waals surface area (Å²) in [7, 11) is 1.68. The number of likely N-dealkylation sites (tertiary alicyclic amines) is 1. The zero-order valence-corrected chi connectivity index (χ0v) is 19.8. The first-order chi connectivity index (χ1) is 14.2. The number of piperidine rings is 1. The summed E-state index contributed by atoms with van der Waals surface area (Å²) in [4.78, 5) is 7.03. The number of furan rings is 1. The van der Waals surface area contributed by atoms with E-state index in [4.69, 9.17) is 9.15 Å². The fraction of sp³-hybridized carbons (Fsp3) is 0.500. The zero-order valence-electron chi connectivity index (χ0n) is 17.5. The molecule has 166 valence electrons. The third-order valence-electron chi connectivity index (χ3n) is 5.06. The molecule has 1 fully saturated rings. The average Bonchev–Trinajstić information content (AvgIpc) is 3.25. The second kappa shape index (κ2) is 13.6. The molecule has 0 unspecified atom stereocenters. The van der Waals surface area contributed by atoms with Gasteiger partial charge in [-0.15, -0.1) is 24.0 Å². The van der Waals surface area contributed by atoms with Crippen LogP contribution in [-0.2, 0) is 17.7 Å². The van der Waals surface area contributed by atoms with E-state index in [9.17, 15) is 4.39 Å². The minimum Gasteiger partial charge on any atom is -0.469 e. The lowest BCUT2D eigenvalue weighted by Gasteiger charge is -2.33. The topological polar surface area (TPSA) is 62.0 Å². The molecule has 1 aliphatic heterocycles. The summed E-state index contributed by atoms with van der Waals surface area (Å²) in [5.41, 5.74) is 1.15. The van der Waals surface area contributed by atoms with E-state index in [1.807, 2.05) is 24.3 Å². The van der Waals surface area contributed by atoms with E-state index in [0.717, 1.165) is 62.7 Å². The Labute approximate surface area is 195 Å². The van der Waals surface area contributed by atoms with E-state index in [1.54, 1.807) is 13.4 Å². The maximum Gasteiger partial charge on any atom is 0.191 e. The molecule has 30 heavy (non-hydrogen) atoms. The summed E-state index contributed by atoms with van der Waals surface area (Å²) in [6.07, 6.45) is 4.60. The van der Waals surface area contributed by atoms with Gasteiger partial charge in [0, 0.05) is 45.8 Å². The lowest BCUT2D eigenvalue weighted by molar-refractivity contribution is 0.198. The first-order valence-corrected chi connectivity index (χ1v) is 10.3. The van der Waals surface area contributed by atoms with Crippen molar-refractivity contribution in [2.75, 3.05) is 39.9 Å². The highest BCUT2D eigenvalue weighted by Crippen LogP contribution is 2.14. The zero-order chi connectivity index (χ0) is 20.3. The van der Waals surface area contributed by atoms with Crippen LogP contribution in [0.3, 0.4) is 0 Å². The molecule has 1 aromatic carbocycles. The van der Waals surface area contributed by atoms with E-state index in [-0.39, 0.29) is 29.8 Å². The van der Waals surface area contributed by atoms with Gasteiger partial charge in [-0.25, -0.2) is 4.39 Å². The number of ether oxygens (including phenoxy) is 1. The van der Waals surface area contributed by atoms with Crippen molar-refractivity contribution in [1.82, 2.24) is 15.5 Å². The summed E-state index contributed by atoms with van der Waals surface area (Å²) in [6.45, 7) is 4.86. The smallest absolute Gasteiger partial charge is 0.191 e. The molecule has 6 nitrogen and oxygen atoms in total. The van der Waals surface area contributed by atoms with Crippen LogP contribution >= 0.6 is 24.0 Å². The van der Waals surface area contributed by atoms with Gasteiger partial charge in [0.1, 0.15) is 11.6 Å². The van der Waals surface area contributed by atoms with E-state index in [1.165, 1.54) is 12.1 Å². The quantitative estimate of drug-likeness (QED) is 0.225. The van der Waals surface area contributed by atoms with Gasteiger partial charge in [-0.3, -0.25) is 9.89 Å². The highest BCUT2D eigenvalue weighted by Gasteiger charge is 2.20. The SMILES string of the molecule is COCCN=C(NCCc1ccco1)NC1CCN(Cc2ccc(F)cc2)CC1.I. The van der Waals surface area contributed by atoms with Crippen molar-refractivity contribution >= 4 is 29.9 Å². The summed E-state index contributed by atoms with van der Waals surface area (Å²) in [5.74, 6) is 1.60. The Morgan fingerprint density at radius 1 is 1.23 bits per heavy atom. The molecule has 2 heterocycles. The van der Waals surface area contributed by atoms with Gasteiger partial charge in [0.05, 0.1) is 19.4 Å². The molecule has 0 radical (unpaired) electrons. The van der Waals surface area contributed by atoms with Crippen LogP contribution < -0.4 is 10.6 Å². The molecule has 0 spiro atoms. The molecule has 2 N–H and O–H groups in total. The maximum absolute atomic E-state index is 13.1. The van der Waals surface area contributed by atoms with E-state index >= 15 is 0 Å². The molecule has 0 saturated carbocycles. The van der Waals surface area contributed by atoms with Crippen LogP contribution in [0.1, 0.15) is 24.2 Å². The molecule has 8 heteroatoms. The Bertz CT molecular complexity index is 732. The van der Waals surface area contributed by atoms with Gasteiger partial charge in [-0.05, 0) is 42.7 Å². The number of rotatable bonds is 9. The van der Waals surface area contributed by atoms with Crippen LogP contribution in [-0.4, -0.2) is 56.8 Å². The number of halogens is 2. The molecular formula is C22H32FIN4O2. The summed E-state index contributed by atoms with van der Waals surface area (Å²) < 4.78 is 23.6. The Morgan fingerprint density at radius 2 is 2.00 bits per heavy atom. The second-order valence-electron chi connectivity index (χ2n) is 7.30. The number of hydrogen-bond donors (Lipinski definition) is 2. The standard InChI is InChI=1S/C22H31FN4O2.HI/c1-28-16-12-25-22(24-11-8-21-3-2-15-29-21)26-20-9-13-27(14-10-20)17-18-4-6-19(23)7-5-18;/h2-7,15,20H,8-14,16-17H2,1H3,(H2,24,25,26);1H. The molecule has 2 aromatic rings. The van der Waals surface area contributed by atoms with Crippen molar-refractivity contribution in [2.45, 2.75) is 31.8 Å².